The first-order valence-corrected chi connectivity index (χ1v) is 7.18. The van der Waals surface area contributed by atoms with Crippen molar-refractivity contribution in [1.29, 1.82) is 0 Å². The average molecular weight is 327 g/mol. The van der Waals surface area contributed by atoms with Gasteiger partial charge in [0, 0.05) is 11.8 Å². The standard InChI is InChI=1S/C17H17N3O4/c1-22-14-8-11(9-15(23-2)16(14)24-3)17-19-12(10-18-21)13-6-4-5-7-20(13)17/h4-10,21H,1-3H3/b18-10+. The summed E-state index contributed by atoms with van der Waals surface area (Å²) < 4.78 is 18.0. The van der Waals surface area contributed by atoms with Crippen LogP contribution >= 0.6 is 0 Å². The molecular formula is C17H17N3O4. The average Bonchev–Trinajstić information content (AvgIpc) is 2.99. The van der Waals surface area contributed by atoms with Crippen LogP contribution < -0.4 is 14.2 Å². The monoisotopic (exact) mass is 327 g/mol. The highest BCUT2D eigenvalue weighted by Gasteiger charge is 2.18. The van der Waals surface area contributed by atoms with Gasteiger partial charge >= 0.3 is 0 Å². The summed E-state index contributed by atoms with van der Waals surface area (Å²) in [5.74, 6) is 2.26. The predicted molar refractivity (Wildman–Crippen MR) is 89.7 cm³/mol. The van der Waals surface area contributed by atoms with E-state index in [9.17, 15) is 0 Å². The molecule has 0 spiro atoms. The maximum absolute atomic E-state index is 8.86. The summed E-state index contributed by atoms with van der Waals surface area (Å²) in [7, 11) is 4.68. The van der Waals surface area contributed by atoms with Gasteiger partial charge in [-0.15, -0.1) is 0 Å². The van der Waals surface area contributed by atoms with Crippen molar-refractivity contribution in [3.8, 4) is 28.6 Å². The number of benzene rings is 1. The van der Waals surface area contributed by atoms with E-state index in [-0.39, 0.29) is 0 Å². The van der Waals surface area contributed by atoms with E-state index in [0.717, 1.165) is 11.1 Å². The Kier molecular flexibility index (Phi) is 4.24. The molecule has 2 aromatic heterocycles. The predicted octanol–water partition coefficient (Wildman–Crippen LogP) is 2.84. The molecule has 0 fully saturated rings. The topological polar surface area (TPSA) is 77.6 Å². The number of aromatic nitrogens is 2. The fraction of sp³-hybridized carbons (Fsp3) is 0.176. The largest absolute Gasteiger partial charge is 0.493 e. The molecule has 1 N–H and O–H groups in total. The summed E-state index contributed by atoms with van der Waals surface area (Å²) in [6.07, 6.45) is 3.19. The van der Waals surface area contributed by atoms with Gasteiger partial charge in [-0.25, -0.2) is 4.98 Å². The van der Waals surface area contributed by atoms with E-state index in [0.29, 0.717) is 28.8 Å². The second-order valence-corrected chi connectivity index (χ2v) is 4.94. The number of rotatable bonds is 5. The Labute approximate surface area is 138 Å². The minimum Gasteiger partial charge on any atom is -0.493 e. The lowest BCUT2D eigenvalue weighted by Crippen LogP contribution is -1.97. The molecule has 0 aliphatic heterocycles. The van der Waals surface area contributed by atoms with Crippen LogP contribution in [0.1, 0.15) is 5.69 Å². The Bertz CT molecular complexity index is 877. The highest BCUT2D eigenvalue weighted by Crippen LogP contribution is 2.41. The number of oxime groups is 1. The Morgan fingerprint density at radius 2 is 1.79 bits per heavy atom. The van der Waals surface area contributed by atoms with E-state index in [1.807, 2.05) is 40.9 Å². The van der Waals surface area contributed by atoms with E-state index in [1.54, 1.807) is 21.3 Å². The van der Waals surface area contributed by atoms with Crippen LogP contribution in [0, 0.1) is 0 Å². The second kappa shape index (κ2) is 6.49. The molecule has 0 atom stereocenters. The molecule has 0 amide bonds. The quantitative estimate of drug-likeness (QED) is 0.443. The molecule has 3 rings (SSSR count). The summed E-state index contributed by atoms with van der Waals surface area (Å²) in [6, 6.07) is 9.33. The Morgan fingerprint density at radius 1 is 1.08 bits per heavy atom. The van der Waals surface area contributed by atoms with E-state index < -0.39 is 0 Å². The van der Waals surface area contributed by atoms with Gasteiger partial charge < -0.3 is 19.4 Å². The lowest BCUT2D eigenvalue weighted by molar-refractivity contribution is 0.321. The molecule has 0 aliphatic rings. The van der Waals surface area contributed by atoms with Gasteiger partial charge in [-0.1, -0.05) is 11.2 Å². The first kappa shape index (κ1) is 15.7. The fourth-order valence-electron chi connectivity index (χ4n) is 2.63. The van der Waals surface area contributed by atoms with E-state index in [1.165, 1.54) is 6.21 Å². The van der Waals surface area contributed by atoms with Crippen molar-refractivity contribution in [2.75, 3.05) is 21.3 Å². The van der Waals surface area contributed by atoms with Gasteiger partial charge in [0.05, 0.1) is 33.1 Å². The number of hydrogen-bond donors (Lipinski definition) is 1. The number of ether oxygens (including phenoxy) is 3. The number of hydrogen-bond acceptors (Lipinski definition) is 6. The molecule has 0 saturated heterocycles. The molecule has 2 heterocycles. The molecule has 24 heavy (non-hydrogen) atoms. The van der Waals surface area contributed by atoms with Crippen LogP contribution in [0.3, 0.4) is 0 Å². The number of fused-ring (bicyclic) bond motifs is 1. The molecule has 7 nitrogen and oxygen atoms in total. The minimum absolute atomic E-state index is 0.516. The van der Waals surface area contributed by atoms with Gasteiger partial charge in [0.2, 0.25) is 5.75 Å². The Hall–Kier alpha value is -3.22. The highest BCUT2D eigenvalue weighted by molar-refractivity contribution is 5.89. The molecule has 0 saturated carbocycles. The van der Waals surface area contributed by atoms with Crippen molar-refractivity contribution < 1.29 is 19.4 Å². The van der Waals surface area contributed by atoms with Crippen molar-refractivity contribution in [3.05, 3.63) is 42.2 Å². The van der Waals surface area contributed by atoms with E-state index >= 15 is 0 Å². The number of pyridine rings is 1. The van der Waals surface area contributed by atoms with E-state index in [2.05, 4.69) is 10.1 Å². The van der Waals surface area contributed by atoms with Gasteiger partial charge in [0.15, 0.2) is 11.5 Å². The maximum Gasteiger partial charge on any atom is 0.203 e. The van der Waals surface area contributed by atoms with Crippen LogP contribution in [0.2, 0.25) is 0 Å². The summed E-state index contributed by atoms with van der Waals surface area (Å²) >= 11 is 0. The zero-order chi connectivity index (χ0) is 17.1. The molecule has 7 heteroatoms. The van der Waals surface area contributed by atoms with Crippen LogP contribution in [0.15, 0.2) is 41.7 Å². The third kappa shape index (κ3) is 2.50. The van der Waals surface area contributed by atoms with Crippen LogP contribution in [0.5, 0.6) is 17.2 Å². The Morgan fingerprint density at radius 3 is 2.38 bits per heavy atom. The molecule has 0 bridgehead atoms. The van der Waals surface area contributed by atoms with E-state index in [4.69, 9.17) is 19.4 Å². The third-order valence-electron chi connectivity index (χ3n) is 3.68. The van der Waals surface area contributed by atoms with Crippen LogP contribution in [0.25, 0.3) is 16.9 Å². The Balaban J connectivity index is 2.28. The number of nitrogens with zero attached hydrogens (tertiary/aromatic N) is 3. The maximum atomic E-state index is 8.86. The lowest BCUT2D eigenvalue weighted by Gasteiger charge is -2.13. The van der Waals surface area contributed by atoms with Crippen LogP contribution in [-0.2, 0) is 0 Å². The zero-order valence-corrected chi connectivity index (χ0v) is 13.6. The summed E-state index contributed by atoms with van der Waals surface area (Å²) in [6.45, 7) is 0. The van der Waals surface area contributed by atoms with Gasteiger partial charge in [0.25, 0.3) is 0 Å². The van der Waals surface area contributed by atoms with Gasteiger partial charge in [-0.3, -0.25) is 4.40 Å². The minimum atomic E-state index is 0.516. The normalized spacial score (nSPS) is 11.1. The third-order valence-corrected chi connectivity index (χ3v) is 3.68. The molecule has 0 unspecified atom stereocenters. The smallest absolute Gasteiger partial charge is 0.203 e. The van der Waals surface area contributed by atoms with Crippen molar-refractivity contribution in [3.63, 3.8) is 0 Å². The van der Waals surface area contributed by atoms with Crippen molar-refractivity contribution in [1.82, 2.24) is 9.38 Å². The molecular weight excluding hydrogens is 310 g/mol. The lowest BCUT2D eigenvalue weighted by atomic mass is 10.1. The van der Waals surface area contributed by atoms with Gasteiger partial charge in [0.1, 0.15) is 11.5 Å². The van der Waals surface area contributed by atoms with Gasteiger partial charge in [-0.2, -0.15) is 0 Å². The number of methoxy groups -OCH3 is 3. The number of imidazole rings is 1. The van der Waals surface area contributed by atoms with Crippen molar-refractivity contribution in [2.45, 2.75) is 0 Å². The second-order valence-electron chi connectivity index (χ2n) is 4.94. The van der Waals surface area contributed by atoms with Crippen molar-refractivity contribution >= 4 is 11.7 Å². The molecule has 124 valence electrons. The van der Waals surface area contributed by atoms with Crippen LogP contribution in [0.4, 0.5) is 0 Å². The summed E-state index contributed by atoms with van der Waals surface area (Å²) in [5.41, 5.74) is 2.16. The highest BCUT2D eigenvalue weighted by atomic mass is 16.5. The first-order valence-electron chi connectivity index (χ1n) is 7.18. The summed E-state index contributed by atoms with van der Waals surface area (Å²) in [4.78, 5) is 4.56. The zero-order valence-electron chi connectivity index (χ0n) is 13.6. The van der Waals surface area contributed by atoms with Crippen LogP contribution in [-0.4, -0.2) is 42.1 Å². The molecule has 1 aromatic carbocycles. The fourth-order valence-corrected chi connectivity index (χ4v) is 2.63. The molecule has 3 aromatic rings. The molecule has 0 radical (unpaired) electrons. The summed E-state index contributed by atoms with van der Waals surface area (Å²) in [5, 5.41) is 11.9. The molecule has 0 aliphatic carbocycles. The first-order chi connectivity index (χ1) is 11.7. The van der Waals surface area contributed by atoms with Gasteiger partial charge in [-0.05, 0) is 24.3 Å². The SMILES string of the molecule is COc1cc(-c2nc(/C=N/O)c3ccccn23)cc(OC)c1OC. The van der Waals surface area contributed by atoms with Crippen molar-refractivity contribution in [2.24, 2.45) is 5.16 Å².